The van der Waals surface area contributed by atoms with E-state index in [9.17, 15) is 4.39 Å². The second kappa shape index (κ2) is 4.40. The van der Waals surface area contributed by atoms with E-state index in [1.54, 1.807) is 13.0 Å². The van der Waals surface area contributed by atoms with Crippen LogP contribution >= 0.6 is 0 Å². The van der Waals surface area contributed by atoms with Crippen LogP contribution in [0.1, 0.15) is 12.5 Å². The van der Waals surface area contributed by atoms with Gasteiger partial charge in [-0.3, -0.25) is 0 Å². The van der Waals surface area contributed by atoms with Crippen LogP contribution in [0.15, 0.2) is 18.2 Å². The number of nitrogens with one attached hydrogen (secondary N) is 1. The smallest absolute Gasteiger partial charge is 0.244 e. The van der Waals surface area contributed by atoms with Crippen molar-refractivity contribution in [3.63, 3.8) is 0 Å². The quantitative estimate of drug-likeness (QED) is 0.850. The van der Waals surface area contributed by atoms with E-state index in [0.717, 1.165) is 11.3 Å². The molecule has 0 saturated heterocycles. The van der Waals surface area contributed by atoms with E-state index >= 15 is 0 Å². The summed E-state index contributed by atoms with van der Waals surface area (Å²) in [5.74, 6) is 0.459. The van der Waals surface area contributed by atoms with Gasteiger partial charge in [0.25, 0.3) is 0 Å². The third-order valence-corrected chi connectivity index (χ3v) is 2.35. The summed E-state index contributed by atoms with van der Waals surface area (Å²) >= 11 is 0. The molecule has 2 rings (SSSR count). The Hall–Kier alpha value is -2.11. The molecule has 0 fully saturated rings. The maximum Gasteiger partial charge on any atom is 0.244 e. The van der Waals surface area contributed by atoms with Crippen molar-refractivity contribution < 1.29 is 4.39 Å². The standard InChI is InChI=1S/C11H14FN5/c1-3-14-11-15-10(13)17(16-11)9-5-4-8(12)6-7(9)2/h4-6H,3H2,1-2H3,(H3,13,14,15,16). The molecule has 2 aromatic rings. The number of hydrogen-bond acceptors (Lipinski definition) is 4. The largest absolute Gasteiger partial charge is 0.368 e. The molecule has 0 unspecified atom stereocenters. The Bertz CT molecular complexity index is 535. The number of aryl methyl sites for hydroxylation is 1. The molecule has 6 heteroatoms. The second-order valence-corrected chi connectivity index (χ2v) is 3.67. The van der Waals surface area contributed by atoms with Crippen molar-refractivity contribution >= 4 is 11.9 Å². The van der Waals surface area contributed by atoms with Crippen molar-refractivity contribution in [1.29, 1.82) is 0 Å². The number of nitrogens with two attached hydrogens (primary N) is 1. The summed E-state index contributed by atoms with van der Waals surface area (Å²) in [5, 5.41) is 7.18. The number of anilines is 2. The zero-order valence-corrected chi connectivity index (χ0v) is 9.74. The molecule has 17 heavy (non-hydrogen) atoms. The maximum absolute atomic E-state index is 13.0. The molecule has 0 aliphatic carbocycles. The third kappa shape index (κ3) is 2.20. The van der Waals surface area contributed by atoms with Gasteiger partial charge in [-0.05, 0) is 37.6 Å². The Balaban J connectivity index is 2.45. The topological polar surface area (TPSA) is 68.8 Å². The van der Waals surface area contributed by atoms with E-state index in [1.165, 1.54) is 16.8 Å². The molecule has 3 N–H and O–H groups in total. The fraction of sp³-hybridized carbons (Fsp3) is 0.273. The average molecular weight is 235 g/mol. The van der Waals surface area contributed by atoms with E-state index < -0.39 is 0 Å². The number of aromatic nitrogens is 3. The molecule has 90 valence electrons. The molecule has 0 aliphatic heterocycles. The minimum atomic E-state index is -0.281. The molecule has 1 aromatic heterocycles. The molecule has 1 heterocycles. The van der Waals surface area contributed by atoms with Crippen LogP contribution in [-0.2, 0) is 0 Å². The van der Waals surface area contributed by atoms with Gasteiger partial charge in [-0.15, -0.1) is 5.10 Å². The van der Waals surface area contributed by atoms with E-state index in [4.69, 9.17) is 5.73 Å². The van der Waals surface area contributed by atoms with Crippen molar-refractivity contribution in [3.8, 4) is 5.69 Å². The molecule has 0 bridgehead atoms. The molecule has 1 aromatic carbocycles. The van der Waals surface area contributed by atoms with E-state index in [-0.39, 0.29) is 11.8 Å². The number of nitrogens with zero attached hydrogens (tertiary/aromatic N) is 3. The van der Waals surface area contributed by atoms with Gasteiger partial charge < -0.3 is 11.1 Å². The molecule has 5 nitrogen and oxygen atoms in total. The molecule has 0 aliphatic rings. The maximum atomic E-state index is 13.0. The van der Waals surface area contributed by atoms with Crippen molar-refractivity contribution in [1.82, 2.24) is 14.8 Å². The van der Waals surface area contributed by atoms with E-state index in [2.05, 4.69) is 15.4 Å². The molecule has 0 radical (unpaired) electrons. The Labute approximate surface area is 98.5 Å². The van der Waals surface area contributed by atoms with Crippen molar-refractivity contribution in [2.75, 3.05) is 17.6 Å². The highest BCUT2D eigenvalue weighted by Crippen LogP contribution is 2.18. The summed E-state index contributed by atoms with van der Waals surface area (Å²) < 4.78 is 14.5. The Morgan fingerprint density at radius 2 is 2.24 bits per heavy atom. The van der Waals surface area contributed by atoms with Crippen LogP contribution in [0.5, 0.6) is 0 Å². The first-order valence-electron chi connectivity index (χ1n) is 5.34. The number of nitrogen functional groups attached to an aromatic ring is 1. The summed E-state index contributed by atoms with van der Waals surface area (Å²) in [4.78, 5) is 4.07. The lowest BCUT2D eigenvalue weighted by Crippen LogP contribution is -2.05. The van der Waals surface area contributed by atoms with E-state index in [0.29, 0.717) is 12.5 Å². The van der Waals surface area contributed by atoms with Gasteiger partial charge in [0.15, 0.2) is 0 Å². The van der Waals surface area contributed by atoms with Gasteiger partial charge in [0.2, 0.25) is 11.9 Å². The van der Waals surface area contributed by atoms with E-state index in [1.807, 2.05) is 6.92 Å². The van der Waals surface area contributed by atoms with Gasteiger partial charge in [0.1, 0.15) is 5.82 Å². The second-order valence-electron chi connectivity index (χ2n) is 3.67. The van der Waals surface area contributed by atoms with Gasteiger partial charge in [0, 0.05) is 6.54 Å². The first-order chi connectivity index (χ1) is 8.11. The van der Waals surface area contributed by atoms with Crippen LogP contribution in [0.25, 0.3) is 5.69 Å². The summed E-state index contributed by atoms with van der Waals surface area (Å²) in [5.41, 5.74) is 7.24. The predicted octanol–water partition coefficient (Wildman–Crippen LogP) is 1.73. The van der Waals surface area contributed by atoms with Gasteiger partial charge in [-0.25, -0.2) is 4.39 Å². The van der Waals surface area contributed by atoms with Crippen LogP contribution < -0.4 is 11.1 Å². The summed E-state index contributed by atoms with van der Waals surface area (Å²) in [7, 11) is 0. The van der Waals surface area contributed by atoms with Crippen LogP contribution in [-0.4, -0.2) is 21.3 Å². The number of hydrogen-bond donors (Lipinski definition) is 2. The zero-order chi connectivity index (χ0) is 12.4. The zero-order valence-electron chi connectivity index (χ0n) is 9.74. The van der Waals surface area contributed by atoms with Gasteiger partial charge in [-0.2, -0.15) is 9.67 Å². The number of halogens is 1. The molecular formula is C11H14FN5. The van der Waals surface area contributed by atoms with Crippen molar-refractivity contribution in [3.05, 3.63) is 29.6 Å². The highest BCUT2D eigenvalue weighted by molar-refractivity contribution is 5.46. The third-order valence-electron chi connectivity index (χ3n) is 2.35. The summed E-state index contributed by atoms with van der Waals surface area (Å²) in [6.07, 6.45) is 0. The van der Waals surface area contributed by atoms with Gasteiger partial charge in [0.05, 0.1) is 5.69 Å². The van der Waals surface area contributed by atoms with Crippen LogP contribution in [0.2, 0.25) is 0 Å². The summed E-state index contributed by atoms with van der Waals surface area (Å²) in [6, 6.07) is 4.44. The monoisotopic (exact) mass is 235 g/mol. The molecule has 0 atom stereocenters. The van der Waals surface area contributed by atoms with Crippen LogP contribution in [0.4, 0.5) is 16.3 Å². The lowest BCUT2D eigenvalue weighted by molar-refractivity contribution is 0.625. The molecular weight excluding hydrogens is 221 g/mol. The molecule has 0 amide bonds. The lowest BCUT2D eigenvalue weighted by atomic mass is 10.2. The number of rotatable bonds is 3. The van der Waals surface area contributed by atoms with Crippen molar-refractivity contribution in [2.45, 2.75) is 13.8 Å². The predicted molar refractivity (Wildman–Crippen MR) is 64.6 cm³/mol. The SMILES string of the molecule is CCNc1nc(N)n(-c2ccc(F)cc2C)n1. The van der Waals surface area contributed by atoms with Crippen LogP contribution in [0.3, 0.4) is 0 Å². The Kier molecular flexibility index (Phi) is 2.95. The van der Waals surface area contributed by atoms with Gasteiger partial charge in [-0.1, -0.05) is 0 Å². The Morgan fingerprint density at radius 3 is 2.88 bits per heavy atom. The first-order valence-corrected chi connectivity index (χ1v) is 5.34. The van der Waals surface area contributed by atoms with Gasteiger partial charge >= 0.3 is 0 Å². The fourth-order valence-electron chi connectivity index (χ4n) is 1.59. The minimum absolute atomic E-state index is 0.274. The van der Waals surface area contributed by atoms with Crippen LogP contribution in [0, 0.1) is 12.7 Å². The minimum Gasteiger partial charge on any atom is -0.368 e. The summed E-state index contributed by atoms with van der Waals surface area (Å²) in [6.45, 7) is 4.46. The lowest BCUT2D eigenvalue weighted by Gasteiger charge is -2.06. The van der Waals surface area contributed by atoms with Crippen molar-refractivity contribution in [2.24, 2.45) is 0 Å². The number of benzene rings is 1. The highest BCUT2D eigenvalue weighted by Gasteiger charge is 2.10. The normalized spacial score (nSPS) is 10.5. The highest BCUT2D eigenvalue weighted by atomic mass is 19.1. The average Bonchev–Trinajstić information content (AvgIpc) is 2.60. The molecule has 0 saturated carbocycles. The first kappa shape index (κ1) is 11.4. The Morgan fingerprint density at radius 1 is 1.47 bits per heavy atom. The molecule has 0 spiro atoms. The fourth-order valence-corrected chi connectivity index (χ4v) is 1.59.